The molecule has 1 aliphatic rings. The van der Waals surface area contributed by atoms with Crippen LogP contribution in [-0.2, 0) is 0 Å². The first kappa shape index (κ1) is 13.6. The molecule has 0 saturated heterocycles. The number of carbonyl (C=O) groups is 1. The normalized spacial score (nSPS) is 23.7. The molecular formula is C15H20BrNO. The van der Waals surface area contributed by atoms with Crippen molar-refractivity contribution in [2.24, 2.45) is 5.92 Å². The average Bonchev–Trinajstić information content (AvgIpc) is 2.39. The maximum atomic E-state index is 12.1. The van der Waals surface area contributed by atoms with Crippen molar-refractivity contribution in [3.63, 3.8) is 0 Å². The smallest absolute Gasteiger partial charge is 0.251 e. The number of hydrogen-bond donors (Lipinski definition) is 1. The van der Waals surface area contributed by atoms with E-state index in [1.165, 1.54) is 19.3 Å². The standard InChI is InChI=1S/C15H20BrNO/c1-2-11-4-3-5-14(10-11)17-15(18)12-6-8-13(16)9-7-12/h6-9,11,14H,2-5,10H2,1H3,(H,17,18). The van der Waals surface area contributed by atoms with Gasteiger partial charge in [-0.15, -0.1) is 0 Å². The summed E-state index contributed by atoms with van der Waals surface area (Å²) in [6, 6.07) is 7.90. The van der Waals surface area contributed by atoms with Gasteiger partial charge in [0.1, 0.15) is 0 Å². The van der Waals surface area contributed by atoms with Crippen molar-refractivity contribution in [3.8, 4) is 0 Å². The Bertz CT molecular complexity index is 401. The van der Waals surface area contributed by atoms with Gasteiger partial charge in [0.25, 0.3) is 5.91 Å². The molecule has 0 spiro atoms. The van der Waals surface area contributed by atoms with E-state index in [4.69, 9.17) is 0 Å². The third-order valence-electron chi connectivity index (χ3n) is 3.80. The number of amides is 1. The van der Waals surface area contributed by atoms with Crippen LogP contribution in [0.1, 0.15) is 49.4 Å². The Kier molecular flexibility index (Phi) is 4.81. The minimum absolute atomic E-state index is 0.0595. The molecule has 0 aromatic heterocycles. The van der Waals surface area contributed by atoms with Crippen LogP contribution in [0, 0.1) is 5.92 Å². The van der Waals surface area contributed by atoms with Gasteiger partial charge in [0, 0.05) is 16.1 Å². The van der Waals surface area contributed by atoms with Gasteiger partial charge in [0.05, 0.1) is 0 Å². The number of carbonyl (C=O) groups excluding carboxylic acids is 1. The molecule has 3 heteroatoms. The number of rotatable bonds is 3. The van der Waals surface area contributed by atoms with Crippen molar-refractivity contribution >= 4 is 21.8 Å². The van der Waals surface area contributed by atoms with Gasteiger partial charge >= 0.3 is 0 Å². The molecule has 0 aliphatic heterocycles. The minimum atomic E-state index is 0.0595. The van der Waals surface area contributed by atoms with Gasteiger partial charge < -0.3 is 5.32 Å². The molecule has 0 bridgehead atoms. The highest BCUT2D eigenvalue weighted by Gasteiger charge is 2.22. The predicted molar refractivity (Wildman–Crippen MR) is 77.6 cm³/mol. The Hall–Kier alpha value is -0.830. The Balaban J connectivity index is 1.92. The lowest BCUT2D eigenvalue weighted by Gasteiger charge is -2.29. The van der Waals surface area contributed by atoms with Crippen LogP contribution in [0.2, 0.25) is 0 Å². The van der Waals surface area contributed by atoms with Crippen molar-refractivity contribution in [3.05, 3.63) is 34.3 Å². The molecule has 2 unspecified atom stereocenters. The first-order valence-corrected chi connectivity index (χ1v) is 7.54. The maximum absolute atomic E-state index is 12.1. The largest absolute Gasteiger partial charge is 0.349 e. The monoisotopic (exact) mass is 309 g/mol. The molecular weight excluding hydrogens is 290 g/mol. The molecule has 1 aromatic carbocycles. The van der Waals surface area contributed by atoms with E-state index in [1.807, 2.05) is 24.3 Å². The number of halogens is 1. The van der Waals surface area contributed by atoms with Crippen LogP contribution in [0.25, 0.3) is 0 Å². The molecule has 0 radical (unpaired) electrons. The second-order valence-electron chi connectivity index (χ2n) is 5.12. The van der Waals surface area contributed by atoms with E-state index in [2.05, 4.69) is 28.2 Å². The second-order valence-corrected chi connectivity index (χ2v) is 6.03. The summed E-state index contributed by atoms with van der Waals surface area (Å²) in [7, 11) is 0. The van der Waals surface area contributed by atoms with Crippen LogP contribution < -0.4 is 5.32 Å². The highest BCUT2D eigenvalue weighted by Crippen LogP contribution is 2.26. The second kappa shape index (κ2) is 6.37. The highest BCUT2D eigenvalue weighted by molar-refractivity contribution is 9.10. The lowest BCUT2D eigenvalue weighted by Crippen LogP contribution is -2.38. The SMILES string of the molecule is CCC1CCCC(NC(=O)c2ccc(Br)cc2)C1. The van der Waals surface area contributed by atoms with Crippen molar-refractivity contribution in [2.45, 2.75) is 45.1 Å². The van der Waals surface area contributed by atoms with Gasteiger partial charge in [0.15, 0.2) is 0 Å². The average molecular weight is 310 g/mol. The topological polar surface area (TPSA) is 29.1 Å². The van der Waals surface area contributed by atoms with Gasteiger partial charge in [0.2, 0.25) is 0 Å². The van der Waals surface area contributed by atoms with E-state index >= 15 is 0 Å². The van der Waals surface area contributed by atoms with Gasteiger partial charge in [-0.3, -0.25) is 4.79 Å². The molecule has 1 saturated carbocycles. The van der Waals surface area contributed by atoms with Gasteiger partial charge in [-0.2, -0.15) is 0 Å². The first-order chi connectivity index (χ1) is 8.69. The van der Waals surface area contributed by atoms with E-state index in [9.17, 15) is 4.79 Å². The lowest BCUT2D eigenvalue weighted by molar-refractivity contribution is 0.0919. The lowest BCUT2D eigenvalue weighted by atomic mass is 9.84. The number of hydrogen-bond acceptors (Lipinski definition) is 1. The summed E-state index contributed by atoms with van der Waals surface area (Å²) in [4.78, 5) is 12.1. The van der Waals surface area contributed by atoms with Crippen molar-refractivity contribution in [1.29, 1.82) is 0 Å². The zero-order valence-corrected chi connectivity index (χ0v) is 12.4. The summed E-state index contributed by atoms with van der Waals surface area (Å²) >= 11 is 3.38. The highest BCUT2D eigenvalue weighted by atomic mass is 79.9. The van der Waals surface area contributed by atoms with Crippen LogP contribution in [0.5, 0.6) is 0 Å². The van der Waals surface area contributed by atoms with E-state index in [-0.39, 0.29) is 5.91 Å². The first-order valence-electron chi connectivity index (χ1n) is 6.75. The van der Waals surface area contributed by atoms with E-state index < -0.39 is 0 Å². The molecule has 98 valence electrons. The molecule has 18 heavy (non-hydrogen) atoms. The minimum Gasteiger partial charge on any atom is -0.349 e. The van der Waals surface area contributed by atoms with E-state index in [0.717, 1.165) is 28.8 Å². The Morgan fingerprint density at radius 2 is 2.06 bits per heavy atom. The summed E-state index contributed by atoms with van der Waals surface area (Å²) < 4.78 is 1.00. The van der Waals surface area contributed by atoms with E-state index in [1.54, 1.807) is 0 Å². The third kappa shape index (κ3) is 3.58. The summed E-state index contributed by atoms with van der Waals surface area (Å²) in [5.41, 5.74) is 0.747. The fraction of sp³-hybridized carbons (Fsp3) is 0.533. The zero-order valence-electron chi connectivity index (χ0n) is 10.8. The summed E-state index contributed by atoms with van der Waals surface area (Å²) in [5, 5.41) is 3.16. The Morgan fingerprint density at radius 3 is 2.72 bits per heavy atom. The summed E-state index contributed by atoms with van der Waals surface area (Å²) in [6.45, 7) is 2.24. The van der Waals surface area contributed by atoms with Crippen LogP contribution in [0.3, 0.4) is 0 Å². The quantitative estimate of drug-likeness (QED) is 0.893. The van der Waals surface area contributed by atoms with Gasteiger partial charge in [-0.25, -0.2) is 0 Å². The van der Waals surface area contributed by atoms with Crippen LogP contribution in [0.4, 0.5) is 0 Å². The molecule has 1 aromatic rings. The van der Waals surface area contributed by atoms with E-state index in [0.29, 0.717) is 6.04 Å². The number of nitrogens with one attached hydrogen (secondary N) is 1. The molecule has 2 rings (SSSR count). The predicted octanol–water partition coefficient (Wildman–Crippen LogP) is 4.15. The fourth-order valence-corrected chi connectivity index (χ4v) is 2.93. The zero-order chi connectivity index (χ0) is 13.0. The Labute approximate surface area is 117 Å². The summed E-state index contributed by atoms with van der Waals surface area (Å²) in [6.07, 6.45) is 6.05. The molecule has 2 atom stereocenters. The van der Waals surface area contributed by atoms with Crippen LogP contribution in [-0.4, -0.2) is 11.9 Å². The maximum Gasteiger partial charge on any atom is 0.251 e. The Morgan fingerprint density at radius 1 is 1.33 bits per heavy atom. The molecule has 1 N–H and O–H groups in total. The fourth-order valence-electron chi connectivity index (χ4n) is 2.66. The molecule has 1 amide bonds. The van der Waals surface area contributed by atoms with Crippen LogP contribution in [0.15, 0.2) is 28.7 Å². The molecule has 1 aliphatic carbocycles. The molecule has 2 nitrogen and oxygen atoms in total. The van der Waals surface area contributed by atoms with Crippen molar-refractivity contribution in [1.82, 2.24) is 5.32 Å². The van der Waals surface area contributed by atoms with Crippen molar-refractivity contribution < 1.29 is 4.79 Å². The van der Waals surface area contributed by atoms with Crippen molar-refractivity contribution in [2.75, 3.05) is 0 Å². The summed E-state index contributed by atoms with van der Waals surface area (Å²) in [5.74, 6) is 0.846. The molecule has 0 heterocycles. The van der Waals surface area contributed by atoms with Gasteiger partial charge in [-0.1, -0.05) is 42.1 Å². The third-order valence-corrected chi connectivity index (χ3v) is 4.33. The molecule has 1 fully saturated rings. The van der Waals surface area contributed by atoms with Crippen LogP contribution >= 0.6 is 15.9 Å². The number of benzene rings is 1. The van der Waals surface area contributed by atoms with Gasteiger partial charge in [-0.05, 0) is 43.0 Å².